The smallest absolute Gasteiger partial charge is 0.424 e. The summed E-state index contributed by atoms with van der Waals surface area (Å²) in [6.45, 7) is 1.68. The van der Waals surface area contributed by atoms with Gasteiger partial charge in [0.05, 0.1) is 0 Å². The molecule has 1 rings (SSSR count). The van der Waals surface area contributed by atoms with Gasteiger partial charge in [-0.2, -0.15) is 0 Å². The number of ether oxygens (including phenoxy) is 2. The Labute approximate surface area is 65.8 Å². The van der Waals surface area contributed by atoms with Gasteiger partial charge in [0.2, 0.25) is 0 Å². The zero-order valence-corrected chi connectivity index (χ0v) is 6.91. The lowest BCUT2D eigenvalue weighted by molar-refractivity contribution is 0.115. The first-order valence-corrected chi connectivity index (χ1v) is 3.47. The molecule has 1 heterocycles. The molecule has 1 unspecified atom stereocenters. The van der Waals surface area contributed by atoms with Crippen LogP contribution in [-0.2, 0) is 9.47 Å². The summed E-state index contributed by atoms with van der Waals surface area (Å²) in [5.74, 6) is 0. The molecule has 0 aromatic rings. The van der Waals surface area contributed by atoms with E-state index in [1.807, 2.05) is 22.6 Å². The van der Waals surface area contributed by atoms with Crippen molar-refractivity contribution in [2.24, 2.45) is 5.73 Å². The van der Waals surface area contributed by atoms with Crippen LogP contribution in [-0.4, -0.2) is 16.0 Å². The maximum absolute atomic E-state index is 10.3. The van der Waals surface area contributed by atoms with Crippen molar-refractivity contribution in [1.82, 2.24) is 0 Å². The predicted octanol–water partition coefficient (Wildman–Crippen LogP) is 0.589. The third-order valence-electron chi connectivity index (χ3n) is 1.07. The molecule has 0 aliphatic carbocycles. The van der Waals surface area contributed by atoms with Crippen LogP contribution < -0.4 is 5.73 Å². The van der Waals surface area contributed by atoms with E-state index < -0.39 is 9.89 Å². The number of hydrogen-bond acceptors (Lipinski definition) is 4. The summed E-state index contributed by atoms with van der Waals surface area (Å²) in [7, 11) is 0. The van der Waals surface area contributed by atoms with Crippen LogP contribution in [0.3, 0.4) is 0 Å². The first kappa shape index (κ1) is 7.07. The molecule has 0 radical (unpaired) electrons. The van der Waals surface area contributed by atoms with Gasteiger partial charge in [-0.15, -0.1) is 0 Å². The van der Waals surface area contributed by atoms with Crippen LogP contribution in [0.15, 0.2) is 0 Å². The largest absolute Gasteiger partial charge is 0.511 e. The number of hydrogen-bond donors (Lipinski definition) is 1. The van der Waals surface area contributed by atoms with Gasteiger partial charge >= 0.3 is 6.16 Å². The van der Waals surface area contributed by atoms with Crippen molar-refractivity contribution in [2.75, 3.05) is 0 Å². The van der Waals surface area contributed by atoms with Gasteiger partial charge in [-0.05, 0) is 29.5 Å². The fourth-order valence-electron chi connectivity index (χ4n) is 0.459. The Morgan fingerprint density at radius 3 is 2.56 bits per heavy atom. The average molecular weight is 243 g/mol. The van der Waals surface area contributed by atoms with E-state index in [1.165, 1.54) is 0 Å². The standard InChI is InChI=1S/C4H6INO3/c1-2-4(5,6)9-3(7)8-2/h2H,6H2,1H3/t2?,4-/m0/s1. The Kier molecular flexibility index (Phi) is 1.55. The lowest BCUT2D eigenvalue weighted by atomic mass is 10.4. The highest BCUT2D eigenvalue weighted by Crippen LogP contribution is 2.27. The van der Waals surface area contributed by atoms with Gasteiger partial charge in [0.15, 0.2) is 6.10 Å². The first-order chi connectivity index (χ1) is 4.02. The molecule has 0 amide bonds. The van der Waals surface area contributed by atoms with Crippen molar-refractivity contribution in [3.63, 3.8) is 0 Å². The highest BCUT2D eigenvalue weighted by Gasteiger charge is 2.43. The SMILES string of the molecule is CC1OC(=O)O[C@]1(N)I. The molecule has 0 spiro atoms. The van der Waals surface area contributed by atoms with E-state index in [9.17, 15) is 4.79 Å². The molecule has 1 aliphatic heterocycles. The molecule has 4 nitrogen and oxygen atoms in total. The van der Waals surface area contributed by atoms with E-state index in [1.54, 1.807) is 6.92 Å². The maximum Gasteiger partial charge on any atom is 0.511 e. The number of cyclic esters (lactones) is 2. The lowest BCUT2D eigenvalue weighted by Gasteiger charge is -2.14. The molecule has 0 aromatic heterocycles. The number of rotatable bonds is 0. The zero-order chi connectivity index (χ0) is 7.07. The Bertz CT molecular complexity index is 147. The van der Waals surface area contributed by atoms with Crippen LogP contribution in [0.2, 0.25) is 0 Å². The summed E-state index contributed by atoms with van der Waals surface area (Å²) in [6.07, 6.45) is -1.06. The number of carbonyl (C=O) groups excluding carboxylic acids is 1. The van der Waals surface area contributed by atoms with Crippen molar-refractivity contribution < 1.29 is 14.3 Å². The molecule has 5 heteroatoms. The van der Waals surface area contributed by atoms with Crippen LogP contribution in [0.5, 0.6) is 0 Å². The predicted molar refractivity (Wildman–Crippen MR) is 38.0 cm³/mol. The fraction of sp³-hybridized carbons (Fsp3) is 0.750. The van der Waals surface area contributed by atoms with E-state index in [-0.39, 0.29) is 6.10 Å². The van der Waals surface area contributed by atoms with Crippen molar-refractivity contribution in [1.29, 1.82) is 0 Å². The second-order valence-corrected chi connectivity index (χ2v) is 3.50. The maximum atomic E-state index is 10.3. The average Bonchev–Trinajstić information content (AvgIpc) is 1.79. The van der Waals surface area contributed by atoms with E-state index in [4.69, 9.17) is 5.73 Å². The monoisotopic (exact) mass is 243 g/mol. The summed E-state index contributed by atoms with van der Waals surface area (Å²) in [4.78, 5) is 10.3. The molecule has 1 fully saturated rings. The molecule has 2 atom stereocenters. The highest BCUT2D eigenvalue weighted by atomic mass is 127. The van der Waals surface area contributed by atoms with Crippen molar-refractivity contribution >= 4 is 28.7 Å². The van der Waals surface area contributed by atoms with Gasteiger partial charge in [0.1, 0.15) is 0 Å². The van der Waals surface area contributed by atoms with Gasteiger partial charge < -0.3 is 9.47 Å². The highest BCUT2D eigenvalue weighted by molar-refractivity contribution is 14.1. The fourth-order valence-corrected chi connectivity index (χ4v) is 0.766. The molecule has 0 saturated carbocycles. The second kappa shape index (κ2) is 1.98. The molecule has 0 bridgehead atoms. The molecule has 52 valence electrons. The second-order valence-electron chi connectivity index (χ2n) is 1.81. The van der Waals surface area contributed by atoms with Crippen molar-refractivity contribution in [2.45, 2.75) is 16.8 Å². The normalized spacial score (nSPS) is 42.1. The lowest BCUT2D eigenvalue weighted by Crippen LogP contribution is -2.40. The first-order valence-electron chi connectivity index (χ1n) is 2.40. The summed E-state index contributed by atoms with van der Waals surface area (Å²) in [5.41, 5.74) is 5.43. The number of nitrogens with two attached hydrogens (primary N) is 1. The molecule has 1 aliphatic rings. The molecule has 2 N–H and O–H groups in total. The summed E-state index contributed by atoms with van der Waals surface area (Å²) >= 11 is 1.82. The topological polar surface area (TPSA) is 61.5 Å². The van der Waals surface area contributed by atoms with E-state index in [0.29, 0.717) is 0 Å². The number of halogens is 1. The van der Waals surface area contributed by atoms with Crippen LogP contribution in [0.4, 0.5) is 4.79 Å². The molecular formula is C4H6INO3. The Morgan fingerprint density at radius 2 is 2.44 bits per heavy atom. The van der Waals surface area contributed by atoms with Crippen LogP contribution in [0, 0.1) is 0 Å². The summed E-state index contributed by atoms with van der Waals surface area (Å²) < 4.78 is 8.17. The Balaban J connectivity index is 2.69. The van der Waals surface area contributed by atoms with Crippen molar-refractivity contribution in [3.8, 4) is 0 Å². The van der Waals surface area contributed by atoms with Crippen LogP contribution in [0.25, 0.3) is 0 Å². The van der Waals surface area contributed by atoms with Crippen LogP contribution >= 0.6 is 22.6 Å². The molecule has 0 aromatic carbocycles. The summed E-state index contributed by atoms with van der Waals surface area (Å²) in [6, 6.07) is 0. The molecule has 9 heavy (non-hydrogen) atoms. The third-order valence-corrected chi connectivity index (χ3v) is 2.16. The van der Waals surface area contributed by atoms with Crippen molar-refractivity contribution in [3.05, 3.63) is 0 Å². The van der Waals surface area contributed by atoms with Gasteiger partial charge in [-0.25, -0.2) is 4.79 Å². The van der Waals surface area contributed by atoms with Gasteiger partial charge in [0.25, 0.3) is 3.73 Å². The minimum Gasteiger partial charge on any atom is -0.424 e. The van der Waals surface area contributed by atoms with Gasteiger partial charge in [-0.1, -0.05) is 0 Å². The van der Waals surface area contributed by atoms with Gasteiger partial charge in [0, 0.05) is 0 Å². The van der Waals surface area contributed by atoms with E-state index in [0.717, 1.165) is 0 Å². The number of carbonyl (C=O) groups is 1. The molecule has 1 saturated heterocycles. The third kappa shape index (κ3) is 1.26. The van der Waals surface area contributed by atoms with E-state index >= 15 is 0 Å². The van der Waals surface area contributed by atoms with Crippen LogP contribution in [0.1, 0.15) is 6.92 Å². The summed E-state index contributed by atoms with van der Waals surface area (Å²) in [5, 5.41) is 0. The van der Waals surface area contributed by atoms with Gasteiger partial charge in [-0.3, -0.25) is 5.73 Å². The Hall–Kier alpha value is -0.0400. The van der Waals surface area contributed by atoms with E-state index in [2.05, 4.69) is 9.47 Å². The minimum atomic E-state index is -0.977. The zero-order valence-electron chi connectivity index (χ0n) is 4.76. The molecular weight excluding hydrogens is 237 g/mol. The quantitative estimate of drug-likeness (QED) is 0.292. The number of alkyl halides is 1. The Morgan fingerprint density at radius 1 is 1.89 bits per heavy atom. The minimum absolute atomic E-state index is 0.370.